The summed E-state index contributed by atoms with van der Waals surface area (Å²) in [5.74, 6) is 0.0786. The van der Waals surface area contributed by atoms with E-state index in [1.165, 1.54) is 0 Å². The van der Waals surface area contributed by atoms with Crippen LogP contribution >= 0.6 is 0 Å². The minimum atomic E-state index is 0.0786. The molecule has 0 radical (unpaired) electrons. The van der Waals surface area contributed by atoms with Gasteiger partial charge in [0.2, 0.25) is 5.91 Å². The molecule has 2 aromatic carbocycles. The largest absolute Gasteiger partial charge is 0.359 e. The molecule has 4 aromatic rings. The summed E-state index contributed by atoms with van der Waals surface area (Å²) in [5.41, 5.74) is 3.90. The topological polar surface area (TPSA) is 53.9 Å². The summed E-state index contributed by atoms with van der Waals surface area (Å²) in [6, 6.07) is 15.9. The maximum atomic E-state index is 12.6. The average Bonchev–Trinajstić information content (AvgIpc) is 3.25. The molecule has 0 spiro atoms. The molecule has 24 heavy (non-hydrogen) atoms. The van der Waals surface area contributed by atoms with E-state index in [-0.39, 0.29) is 5.91 Å². The average molecular weight is 318 g/mol. The fourth-order valence-corrected chi connectivity index (χ4v) is 3.05. The molecule has 0 unspecified atom stereocenters. The molecule has 0 aliphatic carbocycles. The number of para-hydroxylation sites is 3. The van der Waals surface area contributed by atoms with Crippen molar-refractivity contribution in [3.8, 4) is 0 Å². The minimum absolute atomic E-state index is 0.0786. The van der Waals surface area contributed by atoms with Crippen LogP contribution in [0.3, 0.4) is 0 Å². The first-order valence-corrected chi connectivity index (χ1v) is 7.96. The normalized spacial score (nSPS) is 11.2. The van der Waals surface area contributed by atoms with Gasteiger partial charge in [-0.15, -0.1) is 0 Å². The molecule has 2 aromatic heterocycles. The molecule has 120 valence electrons. The second-order valence-corrected chi connectivity index (χ2v) is 5.85. The summed E-state index contributed by atoms with van der Waals surface area (Å²) in [4.78, 5) is 21.9. The number of imidazole rings is 1. The van der Waals surface area contributed by atoms with Crippen LogP contribution in [0.4, 0.5) is 5.69 Å². The molecule has 4 rings (SSSR count). The van der Waals surface area contributed by atoms with Crippen molar-refractivity contribution in [3.63, 3.8) is 0 Å². The van der Waals surface area contributed by atoms with Crippen LogP contribution < -0.4 is 4.90 Å². The second-order valence-electron chi connectivity index (χ2n) is 5.85. The monoisotopic (exact) mass is 318 g/mol. The van der Waals surface area contributed by atoms with Crippen molar-refractivity contribution in [2.24, 2.45) is 0 Å². The van der Waals surface area contributed by atoms with E-state index in [4.69, 9.17) is 0 Å². The Kier molecular flexibility index (Phi) is 3.54. The lowest BCUT2D eigenvalue weighted by Crippen LogP contribution is -2.27. The minimum Gasteiger partial charge on any atom is -0.359 e. The number of fused-ring (bicyclic) bond motifs is 2. The van der Waals surface area contributed by atoms with Crippen molar-refractivity contribution in [1.82, 2.24) is 14.5 Å². The summed E-state index contributed by atoms with van der Waals surface area (Å²) >= 11 is 0. The van der Waals surface area contributed by atoms with E-state index < -0.39 is 0 Å². The number of amides is 1. The van der Waals surface area contributed by atoms with Crippen LogP contribution in [0.2, 0.25) is 0 Å². The lowest BCUT2D eigenvalue weighted by molar-refractivity contribution is -0.118. The van der Waals surface area contributed by atoms with Gasteiger partial charge in [-0.25, -0.2) is 4.98 Å². The first-order valence-electron chi connectivity index (χ1n) is 7.96. The van der Waals surface area contributed by atoms with Crippen molar-refractivity contribution in [3.05, 3.63) is 61.1 Å². The van der Waals surface area contributed by atoms with Gasteiger partial charge in [-0.3, -0.25) is 4.79 Å². The van der Waals surface area contributed by atoms with Crippen molar-refractivity contribution in [1.29, 1.82) is 0 Å². The fourth-order valence-electron chi connectivity index (χ4n) is 3.05. The SMILES string of the molecule is CN(C(=O)CCn1cnc2ccccc21)c1cccc2cc[nH]c12. The highest BCUT2D eigenvalue weighted by Crippen LogP contribution is 2.25. The van der Waals surface area contributed by atoms with Crippen molar-refractivity contribution in [2.45, 2.75) is 13.0 Å². The zero-order valence-electron chi connectivity index (χ0n) is 13.4. The summed E-state index contributed by atoms with van der Waals surface area (Å²) < 4.78 is 2.02. The molecule has 0 aliphatic rings. The molecule has 0 fully saturated rings. The maximum absolute atomic E-state index is 12.6. The molecule has 0 saturated carbocycles. The Morgan fingerprint density at radius 2 is 2.04 bits per heavy atom. The van der Waals surface area contributed by atoms with Crippen LogP contribution in [0.1, 0.15) is 6.42 Å². The molecule has 1 amide bonds. The molecular formula is C19H18N4O. The summed E-state index contributed by atoms with van der Waals surface area (Å²) in [7, 11) is 1.82. The predicted octanol–water partition coefficient (Wildman–Crippen LogP) is 3.57. The first-order chi connectivity index (χ1) is 11.7. The van der Waals surface area contributed by atoms with Gasteiger partial charge in [-0.2, -0.15) is 0 Å². The van der Waals surface area contributed by atoms with Gasteiger partial charge in [0.05, 0.1) is 28.6 Å². The van der Waals surface area contributed by atoms with Crippen LogP contribution in [0.15, 0.2) is 61.1 Å². The Balaban J connectivity index is 1.53. The highest BCUT2D eigenvalue weighted by atomic mass is 16.2. The number of nitrogens with zero attached hydrogens (tertiary/aromatic N) is 3. The number of hydrogen-bond acceptors (Lipinski definition) is 2. The number of carbonyl (C=O) groups excluding carboxylic acids is 1. The maximum Gasteiger partial charge on any atom is 0.228 e. The molecule has 5 heteroatoms. The van der Waals surface area contributed by atoms with Crippen LogP contribution in [-0.2, 0) is 11.3 Å². The van der Waals surface area contributed by atoms with E-state index in [9.17, 15) is 4.79 Å². The third kappa shape index (κ3) is 2.44. The molecule has 0 aliphatic heterocycles. The number of anilines is 1. The van der Waals surface area contributed by atoms with Crippen LogP contribution in [0.25, 0.3) is 21.9 Å². The zero-order valence-corrected chi connectivity index (χ0v) is 13.4. The smallest absolute Gasteiger partial charge is 0.228 e. The Morgan fingerprint density at radius 3 is 2.96 bits per heavy atom. The van der Waals surface area contributed by atoms with E-state index in [2.05, 4.69) is 9.97 Å². The number of aromatic nitrogens is 3. The van der Waals surface area contributed by atoms with Crippen LogP contribution in [0, 0.1) is 0 Å². The van der Waals surface area contributed by atoms with Gasteiger partial charge in [0.1, 0.15) is 0 Å². The van der Waals surface area contributed by atoms with Gasteiger partial charge in [0.15, 0.2) is 0 Å². The van der Waals surface area contributed by atoms with E-state index in [0.29, 0.717) is 13.0 Å². The number of hydrogen-bond donors (Lipinski definition) is 1. The fraction of sp³-hybridized carbons (Fsp3) is 0.158. The highest BCUT2D eigenvalue weighted by Gasteiger charge is 2.14. The van der Waals surface area contributed by atoms with E-state index in [0.717, 1.165) is 27.6 Å². The third-order valence-corrected chi connectivity index (χ3v) is 4.39. The lowest BCUT2D eigenvalue weighted by Gasteiger charge is -2.18. The van der Waals surface area contributed by atoms with Crippen molar-refractivity contribution in [2.75, 3.05) is 11.9 Å². The summed E-state index contributed by atoms with van der Waals surface area (Å²) in [6.45, 7) is 0.615. The van der Waals surface area contributed by atoms with Gasteiger partial charge in [-0.05, 0) is 24.3 Å². The molecular weight excluding hydrogens is 300 g/mol. The number of nitrogens with one attached hydrogen (secondary N) is 1. The standard InChI is InChI=1S/C19H18N4O/c1-22(17-8-4-5-14-9-11-20-19(14)17)18(24)10-12-23-13-21-15-6-2-3-7-16(15)23/h2-9,11,13,20H,10,12H2,1H3. The Hall–Kier alpha value is -3.08. The van der Waals surface area contributed by atoms with Gasteiger partial charge < -0.3 is 14.5 Å². The van der Waals surface area contributed by atoms with Gasteiger partial charge in [-0.1, -0.05) is 24.3 Å². The van der Waals surface area contributed by atoms with Crippen molar-refractivity contribution >= 4 is 33.5 Å². The molecule has 0 atom stereocenters. The van der Waals surface area contributed by atoms with Gasteiger partial charge >= 0.3 is 0 Å². The van der Waals surface area contributed by atoms with E-state index >= 15 is 0 Å². The molecule has 0 saturated heterocycles. The third-order valence-electron chi connectivity index (χ3n) is 4.39. The Labute approximate surface area is 139 Å². The highest BCUT2D eigenvalue weighted by molar-refractivity contribution is 6.01. The zero-order chi connectivity index (χ0) is 16.5. The van der Waals surface area contributed by atoms with Crippen LogP contribution in [0.5, 0.6) is 0 Å². The lowest BCUT2D eigenvalue weighted by atomic mass is 10.2. The number of carbonyl (C=O) groups is 1. The quantitative estimate of drug-likeness (QED) is 0.625. The second kappa shape index (κ2) is 5.85. The Bertz CT molecular complexity index is 1010. The predicted molar refractivity (Wildman–Crippen MR) is 96.1 cm³/mol. The number of benzene rings is 2. The Morgan fingerprint density at radius 1 is 1.17 bits per heavy atom. The van der Waals surface area contributed by atoms with Gasteiger partial charge in [0.25, 0.3) is 0 Å². The molecule has 5 nitrogen and oxygen atoms in total. The van der Waals surface area contributed by atoms with Crippen molar-refractivity contribution < 1.29 is 4.79 Å². The first kappa shape index (κ1) is 14.5. The number of H-pyrrole nitrogens is 1. The number of rotatable bonds is 4. The number of aryl methyl sites for hydroxylation is 1. The van der Waals surface area contributed by atoms with E-state index in [1.807, 2.05) is 66.3 Å². The molecule has 1 N–H and O–H groups in total. The summed E-state index contributed by atoms with van der Waals surface area (Å²) in [6.07, 6.45) is 4.11. The van der Waals surface area contributed by atoms with E-state index in [1.54, 1.807) is 11.2 Å². The van der Waals surface area contributed by atoms with Gasteiger partial charge in [0, 0.05) is 31.6 Å². The van der Waals surface area contributed by atoms with Crippen LogP contribution in [-0.4, -0.2) is 27.5 Å². The molecule has 0 bridgehead atoms. The number of aromatic amines is 1. The molecule has 2 heterocycles. The summed E-state index contributed by atoms with van der Waals surface area (Å²) in [5, 5.41) is 1.10.